The molecule has 4 heteroatoms. The Labute approximate surface area is 99.4 Å². The molecule has 0 aromatic heterocycles. The number of aryl methyl sites for hydroxylation is 1. The largest absolute Gasteiger partial charge is 0.411 e. The maximum atomic E-state index is 10.9. The molecule has 0 saturated carbocycles. The summed E-state index contributed by atoms with van der Waals surface area (Å²) in [5, 5.41) is 0. The van der Waals surface area contributed by atoms with E-state index in [9.17, 15) is 9.59 Å². The van der Waals surface area contributed by atoms with E-state index in [0.717, 1.165) is 12.8 Å². The molecule has 0 bridgehead atoms. The van der Waals surface area contributed by atoms with Crippen LogP contribution < -0.4 is 0 Å². The predicted molar refractivity (Wildman–Crippen MR) is 61.3 cm³/mol. The van der Waals surface area contributed by atoms with Gasteiger partial charge in [0.05, 0.1) is 0 Å². The van der Waals surface area contributed by atoms with Gasteiger partial charge in [-0.15, -0.1) is 0 Å². The monoisotopic (exact) mass is 240 g/mol. The molecule has 0 saturated heterocycles. The average Bonchev–Trinajstić information content (AvgIpc) is 2.25. The topological polar surface area (TPSA) is 43.4 Å². The zero-order valence-electron chi connectivity index (χ0n) is 8.82. The Morgan fingerprint density at radius 3 is 2.44 bits per heavy atom. The number of halogens is 1. The van der Waals surface area contributed by atoms with Crippen molar-refractivity contribution in [1.29, 1.82) is 0 Å². The second kappa shape index (κ2) is 7.01. The van der Waals surface area contributed by atoms with Gasteiger partial charge in [-0.25, -0.2) is 4.79 Å². The minimum absolute atomic E-state index is 0.227. The van der Waals surface area contributed by atoms with Gasteiger partial charge < -0.3 is 4.74 Å². The van der Waals surface area contributed by atoms with E-state index in [2.05, 4.69) is 4.74 Å². The molecule has 0 N–H and O–H groups in total. The van der Waals surface area contributed by atoms with E-state index >= 15 is 0 Å². The standard InChI is InChI=1S/C12H13ClO3/c13-12(15)16-11(14)9-5-4-8-10-6-2-1-3-7-10/h1-3,6-7H,4-5,8-9H2. The summed E-state index contributed by atoms with van der Waals surface area (Å²) < 4.78 is 4.19. The molecule has 0 aliphatic rings. The summed E-state index contributed by atoms with van der Waals surface area (Å²) in [6.07, 6.45) is 2.72. The molecule has 0 amide bonds. The molecule has 1 aromatic carbocycles. The Balaban J connectivity index is 2.13. The molecule has 0 fully saturated rings. The van der Waals surface area contributed by atoms with Gasteiger partial charge in [0, 0.05) is 18.0 Å². The molecule has 0 spiro atoms. The molecular weight excluding hydrogens is 228 g/mol. The number of benzene rings is 1. The third-order valence-corrected chi connectivity index (χ3v) is 2.21. The molecule has 0 heterocycles. The van der Waals surface area contributed by atoms with Gasteiger partial charge in [0.25, 0.3) is 0 Å². The fraction of sp³-hybridized carbons (Fsp3) is 0.333. The fourth-order valence-corrected chi connectivity index (χ4v) is 1.47. The number of hydrogen-bond acceptors (Lipinski definition) is 3. The van der Waals surface area contributed by atoms with Crippen LogP contribution >= 0.6 is 11.6 Å². The Morgan fingerprint density at radius 2 is 1.81 bits per heavy atom. The van der Waals surface area contributed by atoms with Gasteiger partial charge in [0.2, 0.25) is 0 Å². The molecule has 0 aliphatic carbocycles. The summed E-state index contributed by atoms with van der Waals surface area (Å²) in [5.41, 5.74) is 0.178. The first-order chi connectivity index (χ1) is 7.68. The van der Waals surface area contributed by atoms with Crippen LogP contribution in [0.2, 0.25) is 0 Å². The van der Waals surface area contributed by atoms with Gasteiger partial charge in [0.15, 0.2) is 0 Å². The first-order valence-corrected chi connectivity index (χ1v) is 5.50. The zero-order chi connectivity index (χ0) is 11.8. The molecular formula is C12H13ClO3. The maximum Gasteiger partial charge on any atom is 0.411 e. The van der Waals surface area contributed by atoms with Crippen molar-refractivity contribution in [3.63, 3.8) is 0 Å². The van der Waals surface area contributed by atoms with E-state index in [0.29, 0.717) is 6.42 Å². The van der Waals surface area contributed by atoms with Crippen molar-refractivity contribution in [2.45, 2.75) is 25.7 Å². The maximum absolute atomic E-state index is 10.9. The van der Waals surface area contributed by atoms with Crippen molar-refractivity contribution in [3.05, 3.63) is 35.9 Å². The van der Waals surface area contributed by atoms with Crippen LogP contribution in [0, 0.1) is 0 Å². The van der Waals surface area contributed by atoms with E-state index in [1.165, 1.54) is 5.56 Å². The van der Waals surface area contributed by atoms with Gasteiger partial charge >= 0.3 is 11.4 Å². The van der Waals surface area contributed by atoms with Crippen molar-refractivity contribution in [1.82, 2.24) is 0 Å². The summed E-state index contributed by atoms with van der Waals surface area (Å²) in [4.78, 5) is 21.2. The Kier molecular flexibility index (Phi) is 5.57. The van der Waals surface area contributed by atoms with Crippen molar-refractivity contribution in [2.24, 2.45) is 0 Å². The lowest BCUT2D eigenvalue weighted by molar-refractivity contribution is -0.136. The highest BCUT2D eigenvalue weighted by atomic mass is 35.5. The summed E-state index contributed by atoms with van der Waals surface area (Å²) in [6, 6.07) is 10.0. The predicted octanol–water partition coefficient (Wildman–Crippen LogP) is 3.30. The smallest absolute Gasteiger partial charge is 0.381 e. The number of unbranched alkanes of at least 4 members (excludes halogenated alkanes) is 1. The van der Waals surface area contributed by atoms with Gasteiger partial charge in [-0.05, 0) is 24.8 Å². The number of hydrogen-bond donors (Lipinski definition) is 0. The van der Waals surface area contributed by atoms with Crippen molar-refractivity contribution >= 4 is 23.0 Å². The molecule has 0 aliphatic heterocycles. The minimum Gasteiger partial charge on any atom is -0.381 e. The second-order valence-electron chi connectivity index (χ2n) is 3.40. The van der Waals surface area contributed by atoms with Crippen molar-refractivity contribution < 1.29 is 14.3 Å². The highest BCUT2D eigenvalue weighted by molar-refractivity contribution is 6.61. The van der Waals surface area contributed by atoms with Crippen LogP contribution in [0.25, 0.3) is 0 Å². The number of esters is 1. The Bertz CT molecular complexity index is 349. The number of carbonyl (C=O) groups is 2. The molecule has 0 radical (unpaired) electrons. The van der Waals surface area contributed by atoms with Crippen LogP contribution in [0.15, 0.2) is 30.3 Å². The van der Waals surface area contributed by atoms with Crippen LogP contribution in [0.1, 0.15) is 24.8 Å². The van der Waals surface area contributed by atoms with E-state index in [4.69, 9.17) is 11.6 Å². The lowest BCUT2D eigenvalue weighted by Gasteiger charge is -2.00. The highest BCUT2D eigenvalue weighted by Crippen LogP contribution is 2.07. The molecule has 86 valence electrons. The minimum atomic E-state index is -1.06. The molecule has 0 unspecified atom stereocenters. The third-order valence-electron chi connectivity index (χ3n) is 2.13. The van der Waals surface area contributed by atoms with Gasteiger partial charge in [0.1, 0.15) is 0 Å². The molecule has 16 heavy (non-hydrogen) atoms. The van der Waals surface area contributed by atoms with Crippen LogP contribution in [-0.4, -0.2) is 11.4 Å². The first kappa shape index (κ1) is 12.7. The lowest BCUT2D eigenvalue weighted by Crippen LogP contribution is -2.05. The summed E-state index contributed by atoms with van der Waals surface area (Å²) in [5.74, 6) is -0.562. The van der Waals surface area contributed by atoms with E-state index in [1.807, 2.05) is 30.3 Å². The Hall–Kier alpha value is -1.35. The summed E-state index contributed by atoms with van der Waals surface area (Å²) in [6.45, 7) is 0. The first-order valence-electron chi connectivity index (χ1n) is 5.12. The van der Waals surface area contributed by atoms with Crippen LogP contribution in [-0.2, 0) is 16.0 Å². The van der Waals surface area contributed by atoms with Gasteiger partial charge in [-0.1, -0.05) is 30.3 Å². The third kappa shape index (κ3) is 5.51. The molecule has 3 nitrogen and oxygen atoms in total. The highest BCUT2D eigenvalue weighted by Gasteiger charge is 2.06. The fourth-order valence-electron chi connectivity index (χ4n) is 1.38. The summed E-state index contributed by atoms with van der Waals surface area (Å²) >= 11 is 4.90. The van der Waals surface area contributed by atoms with E-state index in [-0.39, 0.29) is 6.42 Å². The SMILES string of the molecule is O=C(Cl)OC(=O)CCCCc1ccccc1. The number of rotatable bonds is 5. The average molecular weight is 241 g/mol. The normalized spacial score (nSPS) is 9.81. The second-order valence-corrected chi connectivity index (χ2v) is 3.71. The van der Waals surface area contributed by atoms with Crippen LogP contribution in [0.4, 0.5) is 4.79 Å². The number of carbonyl (C=O) groups excluding carboxylic acids is 2. The molecule has 1 rings (SSSR count). The zero-order valence-corrected chi connectivity index (χ0v) is 9.57. The Morgan fingerprint density at radius 1 is 1.12 bits per heavy atom. The van der Waals surface area contributed by atoms with Gasteiger partial charge in [-0.2, -0.15) is 0 Å². The van der Waals surface area contributed by atoms with Crippen LogP contribution in [0.3, 0.4) is 0 Å². The van der Waals surface area contributed by atoms with E-state index < -0.39 is 11.4 Å². The number of ether oxygens (including phenoxy) is 1. The quantitative estimate of drug-likeness (QED) is 0.343. The molecule has 1 aromatic rings. The molecule has 0 atom stereocenters. The summed E-state index contributed by atoms with van der Waals surface area (Å²) in [7, 11) is 0. The van der Waals surface area contributed by atoms with E-state index in [1.54, 1.807) is 0 Å². The van der Waals surface area contributed by atoms with Crippen molar-refractivity contribution in [3.8, 4) is 0 Å². The van der Waals surface area contributed by atoms with Crippen LogP contribution in [0.5, 0.6) is 0 Å². The van der Waals surface area contributed by atoms with Gasteiger partial charge in [-0.3, -0.25) is 4.79 Å². The van der Waals surface area contributed by atoms with Crippen molar-refractivity contribution in [2.75, 3.05) is 0 Å². The lowest BCUT2D eigenvalue weighted by atomic mass is 10.1.